The molecule has 0 amide bonds. The van der Waals surface area contributed by atoms with Crippen LogP contribution in [-0.2, 0) is 6.42 Å². The number of aromatic nitrogens is 2. The number of halogens is 1. The molecule has 0 bridgehead atoms. The van der Waals surface area contributed by atoms with E-state index in [1.54, 1.807) is 12.1 Å². The Morgan fingerprint density at radius 3 is 2.38 bits per heavy atom. The van der Waals surface area contributed by atoms with Crippen LogP contribution in [0.25, 0.3) is 0 Å². The first-order chi connectivity index (χ1) is 10.2. The van der Waals surface area contributed by atoms with E-state index in [9.17, 15) is 4.39 Å². The summed E-state index contributed by atoms with van der Waals surface area (Å²) in [5.74, 6) is 1.41. The van der Waals surface area contributed by atoms with E-state index in [2.05, 4.69) is 20.6 Å². The van der Waals surface area contributed by atoms with Crippen LogP contribution in [0.15, 0.2) is 35.5 Å². The van der Waals surface area contributed by atoms with E-state index in [1.807, 2.05) is 19.2 Å². The van der Waals surface area contributed by atoms with E-state index in [0.29, 0.717) is 0 Å². The molecular formula is C15H19FN4S. The molecule has 0 atom stereocenters. The van der Waals surface area contributed by atoms with E-state index in [1.165, 1.54) is 23.9 Å². The van der Waals surface area contributed by atoms with Crippen molar-refractivity contribution in [2.45, 2.75) is 18.5 Å². The van der Waals surface area contributed by atoms with Gasteiger partial charge in [-0.25, -0.2) is 14.4 Å². The zero-order chi connectivity index (χ0) is 15.1. The van der Waals surface area contributed by atoms with Crippen molar-refractivity contribution in [3.63, 3.8) is 0 Å². The number of anilines is 2. The molecule has 0 saturated carbocycles. The van der Waals surface area contributed by atoms with Gasteiger partial charge in [0.15, 0.2) is 5.16 Å². The van der Waals surface area contributed by atoms with E-state index in [-0.39, 0.29) is 5.82 Å². The predicted molar refractivity (Wildman–Crippen MR) is 86.6 cm³/mol. The first kappa shape index (κ1) is 15.6. The highest BCUT2D eigenvalue weighted by molar-refractivity contribution is 7.98. The van der Waals surface area contributed by atoms with Crippen molar-refractivity contribution < 1.29 is 4.39 Å². The topological polar surface area (TPSA) is 49.8 Å². The fourth-order valence-corrected chi connectivity index (χ4v) is 2.24. The van der Waals surface area contributed by atoms with Gasteiger partial charge in [-0.3, -0.25) is 0 Å². The van der Waals surface area contributed by atoms with Gasteiger partial charge in [0.25, 0.3) is 0 Å². The van der Waals surface area contributed by atoms with Gasteiger partial charge in [-0.15, -0.1) is 0 Å². The average molecular weight is 306 g/mol. The third kappa shape index (κ3) is 4.90. The van der Waals surface area contributed by atoms with E-state index >= 15 is 0 Å². The second-order valence-electron chi connectivity index (χ2n) is 4.46. The van der Waals surface area contributed by atoms with E-state index in [0.717, 1.165) is 41.9 Å². The van der Waals surface area contributed by atoms with E-state index in [4.69, 9.17) is 0 Å². The minimum Gasteiger partial charge on any atom is -0.370 e. The Balaban J connectivity index is 1.95. The zero-order valence-corrected chi connectivity index (χ0v) is 13.0. The summed E-state index contributed by atoms with van der Waals surface area (Å²) in [6.07, 6.45) is 2.77. The van der Waals surface area contributed by atoms with Gasteiger partial charge in [0.05, 0.1) is 0 Å². The number of nitrogens with one attached hydrogen (secondary N) is 2. The molecule has 1 aromatic heterocycles. The highest BCUT2D eigenvalue weighted by Gasteiger charge is 2.03. The summed E-state index contributed by atoms with van der Waals surface area (Å²) in [5, 5.41) is 7.21. The number of thioether (sulfide) groups is 1. The Kier molecular flexibility index (Phi) is 5.80. The van der Waals surface area contributed by atoms with Gasteiger partial charge in [-0.2, -0.15) is 0 Å². The zero-order valence-electron chi connectivity index (χ0n) is 12.2. The van der Waals surface area contributed by atoms with Gasteiger partial charge < -0.3 is 10.6 Å². The Morgan fingerprint density at radius 2 is 1.76 bits per heavy atom. The maximum Gasteiger partial charge on any atom is 0.191 e. The lowest BCUT2D eigenvalue weighted by atomic mass is 10.1. The van der Waals surface area contributed by atoms with Crippen LogP contribution in [0.3, 0.4) is 0 Å². The molecule has 112 valence electrons. The lowest BCUT2D eigenvalue weighted by Gasteiger charge is -2.09. The Hall–Kier alpha value is -1.82. The minimum atomic E-state index is -0.206. The smallest absolute Gasteiger partial charge is 0.191 e. The average Bonchev–Trinajstić information content (AvgIpc) is 2.49. The lowest BCUT2D eigenvalue weighted by molar-refractivity contribution is 0.627. The van der Waals surface area contributed by atoms with Crippen LogP contribution in [-0.4, -0.2) is 29.3 Å². The molecule has 0 radical (unpaired) electrons. The molecule has 0 unspecified atom stereocenters. The predicted octanol–water partition coefficient (Wildman–Crippen LogP) is 3.42. The SMILES string of the molecule is CCNc1cc(NCCc2ccc(F)cc2)nc(SC)n1. The molecule has 0 spiro atoms. The van der Waals surface area contributed by atoms with Gasteiger partial charge in [0, 0.05) is 19.2 Å². The Labute approximate surface area is 128 Å². The molecule has 6 heteroatoms. The molecule has 2 N–H and O–H groups in total. The first-order valence-electron chi connectivity index (χ1n) is 6.86. The summed E-state index contributed by atoms with van der Waals surface area (Å²) >= 11 is 1.51. The van der Waals surface area contributed by atoms with Gasteiger partial charge in [0.2, 0.25) is 0 Å². The summed E-state index contributed by atoms with van der Waals surface area (Å²) < 4.78 is 12.8. The lowest BCUT2D eigenvalue weighted by Crippen LogP contribution is -2.09. The van der Waals surface area contributed by atoms with Gasteiger partial charge in [-0.05, 0) is 37.3 Å². The highest BCUT2D eigenvalue weighted by Crippen LogP contribution is 2.17. The third-order valence-corrected chi connectivity index (χ3v) is 3.43. The summed E-state index contributed by atoms with van der Waals surface area (Å²) in [4.78, 5) is 8.80. The summed E-state index contributed by atoms with van der Waals surface area (Å²) in [6, 6.07) is 8.46. The van der Waals surface area contributed by atoms with Gasteiger partial charge >= 0.3 is 0 Å². The molecule has 2 aromatic rings. The second kappa shape index (κ2) is 7.83. The van der Waals surface area contributed by atoms with Crippen molar-refractivity contribution in [1.82, 2.24) is 9.97 Å². The van der Waals surface area contributed by atoms with Crippen LogP contribution in [0, 0.1) is 5.82 Å². The highest BCUT2D eigenvalue weighted by atomic mass is 32.2. The number of nitrogens with zero attached hydrogens (tertiary/aromatic N) is 2. The van der Waals surface area contributed by atoms with Crippen molar-refractivity contribution in [2.24, 2.45) is 0 Å². The van der Waals surface area contributed by atoms with Crippen molar-refractivity contribution in [2.75, 3.05) is 30.0 Å². The standard InChI is InChI=1S/C15H19FN4S/c1-3-17-13-10-14(20-15(19-13)21-2)18-9-8-11-4-6-12(16)7-5-11/h4-7,10H,3,8-9H2,1-2H3,(H2,17,18,19,20). The third-order valence-electron chi connectivity index (χ3n) is 2.88. The van der Waals surface area contributed by atoms with Crippen LogP contribution in [0.4, 0.5) is 16.0 Å². The number of hydrogen-bond donors (Lipinski definition) is 2. The van der Waals surface area contributed by atoms with Crippen molar-refractivity contribution in [1.29, 1.82) is 0 Å². The molecule has 0 saturated heterocycles. The van der Waals surface area contributed by atoms with Gasteiger partial charge in [-0.1, -0.05) is 23.9 Å². The first-order valence-corrected chi connectivity index (χ1v) is 8.09. The summed E-state index contributed by atoms with van der Waals surface area (Å²) in [6.45, 7) is 3.59. The van der Waals surface area contributed by atoms with Crippen molar-refractivity contribution in [3.05, 3.63) is 41.7 Å². The number of benzene rings is 1. The quantitative estimate of drug-likeness (QED) is 0.606. The molecule has 0 aliphatic rings. The molecule has 0 aliphatic carbocycles. The normalized spacial score (nSPS) is 10.4. The molecule has 0 aliphatic heterocycles. The monoisotopic (exact) mass is 306 g/mol. The molecule has 1 heterocycles. The molecule has 0 fully saturated rings. The molecule has 2 rings (SSSR count). The summed E-state index contributed by atoms with van der Waals surface area (Å²) in [7, 11) is 0. The van der Waals surface area contributed by atoms with Crippen LogP contribution >= 0.6 is 11.8 Å². The number of rotatable bonds is 7. The maximum absolute atomic E-state index is 12.8. The fraction of sp³-hybridized carbons (Fsp3) is 0.333. The van der Waals surface area contributed by atoms with E-state index < -0.39 is 0 Å². The van der Waals surface area contributed by atoms with Crippen LogP contribution in [0.2, 0.25) is 0 Å². The maximum atomic E-state index is 12.8. The molecular weight excluding hydrogens is 287 g/mol. The fourth-order valence-electron chi connectivity index (χ4n) is 1.86. The van der Waals surface area contributed by atoms with Crippen molar-refractivity contribution >= 4 is 23.4 Å². The van der Waals surface area contributed by atoms with Crippen molar-refractivity contribution in [3.8, 4) is 0 Å². The molecule has 1 aromatic carbocycles. The largest absolute Gasteiger partial charge is 0.370 e. The Bertz CT molecular complexity index is 574. The second-order valence-corrected chi connectivity index (χ2v) is 5.23. The summed E-state index contributed by atoms with van der Waals surface area (Å²) in [5.41, 5.74) is 1.09. The minimum absolute atomic E-state index is 0.206. The van der Waals surface area contributed by atoms with Crippen LogP contribution in [0.1, 0.15) is 12.5 Å². The molecule has 4 nitrogen and oxygen atoms in total. The Morgan fingerprint density at radius 1 is 1.10 bits per heavy atom. The number of hydrogen-bond acceptors (Lipinski definition) is 5. The molecule has 21 heavy (non-hydrogen) atoms. The van der Waals surface area contributed by atoms with Gasteiger partial charge in [0.1, 0.15) is 17.5 Å². The van der Waals surface area contributed by atoms with Crippen LogP contribution in [0.5, 0.6) is 0 Å². The van der Waals surface area contributed by atoms with Crippen LogP contribution < -0.4 is 10.6 Å².